The molecular weight excluding hydrogens is 252 g/mol. The van der Waals surface area contributed by atoms with Crippen LogP contribution in [0.4, 0.5) is 5.69 Å². The molecule has 0 amide bonds. The summed E-state index contributed by atoms with van der Waals surface area (Å²) in [5, 5.41) is 12.3. The average molecular weight is 268 g/mol. The van der Waals surface area contributed by atoms with Gasteiger partial charge in [0.1, 0.15) is 0 Å². The monoisotopic (exact) mass is 268 g/mol. The maximum Gasteiger partial charge on any atom is 0.234 e. The van der Waals surface area contributed by atoms with E-state index in [-0.39, 0.29) is 5.75 Å². The molecule has 5 nitrogen and oxygen atoms in total. The van der Waals surface area contributed by atoms with Crippen molar-refractivity contribution in [1.29, 1.82) is 0 Å². The van der Waals surface area contributed by atoms with Crippen LogP contribution in [0.1, 0.15) is 25.3 Å². The third kappa shape index (κ3) is 2.20. The highest BCUT2D eigenvalue weighted by atomic mass is 32.2. The van der Waals surface area contributed by atoms with Crippen molar-refractivity contribution < 1.29 is 13.6 Å². The second-order valence-corrected chi connectivity index (χ2v) is 6.32. The van der Waals surface area contributed by atoms with Gasteiger partial charge < -0.3 is 5.21 Å². The van der Waals surface area contributed by atoms with Crippen LogP contribution >= 0.6 is 0 Å². The third-order valence-corrected chi connectivity index (χ3v) is 4.86. The van der Waals surface area contributed by atoms with Crippen LogP contribution in [0.3, 0.4) is 0 Å². The molecule has 0 fully saturated rings. The van der Waals surface area contributed by atoms with Gasteiger partial charge in [-0.2, -0.15) is 0 Å². The van der Waals surface area contributed by atoms with Gasteiger partial charge in [-0.1, -0.05) is 23.4 Å². The lowest BCUT2D eigenvalue weighted by Crippen LogP contribution is -2.33. The predicted molar refractivity (Wildman–Crippen MR) is 70.8 cm³/mol. The van der Waals surface area contributed by atoms with Crippen LogP contribution in [0.2, 0.25) is 0 Å². The number of anilines is 1. The number of nitrogens with zero attached hydrogens (tertiary/aromatic N) is 2. The maximum atomic E-state index is 12.1. The summed E-state index contributed by atoms with van der Waals surface area (Å²) in [6, 6.07) is 7.14. The van der Waals surface area contributed by atoms with E-state index in [0.29, 0.717) is 36.3 Å². The molecule has 1 aromatic carbocycles. The van der Waals surface area contributed by atoms with Gasteiger partial charge in [-0.25, -0.2) is 8.42 Å². The van der Waals surface area contributed by atoms with Crippen molar-refractivity contribution in [2.75, 3.05) is 16.6 Å². The molecule has 2 rings (SSSR count). The minimum absolute atomic E-state index is 0.0624. The van der Waals surface area contributed by atoms with Gasteiger partial charge in [0, 0.05) is 12.1 Å². The van der Waals surface area contributed by atoms with Crippen molar-refractivity contribution in [3.63, 3.8) is 0 Å². The number of rotatable bonds is 2. The highest BCUT2D eigenvalue weighted by Gasteiger charge is 2.26. The fourth-order valence-electron chi connectivity index (χ4n) is 2.13. The molecule has 0 aromatic heterocycles. The molecule has 0 atom stereocenters. The van der Waals surface area contributed by atoms with E-state index in [1.165, 1.54) is 4.31 Å². The zero-order valence-corrected chi connectivity index (χ0v) is 11.0. The lowest BCUT2D eigenvalue weighted by molar-refractivity contribution is 0.318. The van der Waals surface area contributed by atoms with E-state index in [0.717, 1.165) is 0 Å². The Morgan fingerprint density at radius 1 is 1.39 bits per heavy atom. The summed E-state index contributed by atoms with van der Waals surface area (Å²) in [7, 11) is -3.29. The Labute approximate surface area is 107 Å². The Morgan fingerprint density at radius 3 is 2.78 bits per heavy atom. The molecule has 18 heavy (non-hydrogen) atoms. The molecule has 98 valence electrons. The van der Waals surface area contributed by atoms with Gasteiger partial charge in [0.15, 0.2) is 0 Å². The van der Waals surface area contributed by atoms with Crippen LogP contribution in [-0.2, 0) is 10.0 Å². The van der Waals surface area contributed by atoms with Gasteiger partial charge in [0.25, 0.3) is 0 Å². The van der Waals surface area contributed by atoms with Crippen LogP contribution in [0, 0.1) is 0 Å². The molecule has 1 N–H and O–H groups in total. The summed E-state index contributed by atoms with van der Waals surface area (Å²) in [5.41, 5.74) is 1.83. The van der Waals surface area contributed by atoms with Crippen molar-refractivity contribution in [1.82, 2.24) is 0 Å². The van der Waals surface area contributed by atoms with Crippen molar-refractivity contribution in [2.24, 2.45) is 5.16 Å². The number of oxime groups is 1. The van der Waals surface area contributed by atoms with E-state index in [4.69, 9.17) is 5.21 Å². The summed E-state index contributed by atoms with van der Waals surface area (Å²) in [6.45, 7) is 2.05. The minimum Gasteiger partial charge on any atom is -0.411 e. The van der Waals surface area contributed by atoms with Gasteiger partial charge in [-0.3, -0.25) is 4.31 Å². The van der Waals surface area contributed by atoms with Gasteiger partial charge in [0.05, 0.1) is 17.2 Å². The smallest absolute Gasteiger partial charge is 0.234 e. The topological polar surface area (TPSA) is 70.0 Å². The highest BCUT2D eigenvalue weighted by Crippen LogP contribution is 2.28. The van der Waals surface area contributed by atoms with Gasteiger partial charge >= 0.3 is 0 Å². The molecule has 6 heteroatoms. The van der Waals surface area contributed by atoms with Crippen LogP contribution in [0.5, 0.6) is 0 Å². The first-order valence-electron chi connectivity index (χ1n) is 5.91. The predicted octanol–water partition coefficient (Wildman–Crippen LogP) is 1.81. The first kappa shape index (κ1) is 12.9. The zero-order valence-electron chi connectivity index (χ0n) is 10.2. The van der Waals surface area contributed by atoms with Gasteiger partial charge in [-0.15, -0.1) is 0 Å². The molecule has 0 spiro atoms. The molecule has 0 radical (unpaired) electrons. The van der Waals surface area contributed by atoms with E-state index in [1.807, 2.05) is 6.07 Å². The number of hydrogen-bond donors (Lipinski definition) is 1. The van der Waals surface area contributed by atoms with Crippen molar-refractivity contribution in [3.8, 4) is 0 Å². The number of fused-ring (bicyclic) bond motifs is 1. The normalized spacial score (nSPS) is 18.5. The summed E-state index contributed by atoms with van der Waals surface area (Å²) in [5.74, 6) is 0.0624. The van der Waals surface area contributed by atoms with E-state index in [1.54, 1.807) is 25.1 Å². The fraction of sp³-hybridized carbons (Fsp3) is 0.417. The molecule has 0 unspecified atom stereocenters. The quantitative estimate of drug-likeness (QED) is 0.657. The third-order valence-electron chi connectivity index (χ3n) is 3.08. The Hall–Kier alpha value is -1.56. The lowest BCUT2D eigenvalue weighted by Gasteiger charge is -2.23. The van der Waals surface area contributed by atoms with E-state index >= 15 is 0 Å². The number of para-hydroxylation sites is 1. The molecule has 0 bridgehead atoms. The van der Waals surface area contributed by atoms with Crippen molar-refractivity contribution in [3.05, 3.63) is 29.8 Å². The second-order valence-electron chi connectivity index (χ2n) is 4.14. The molecule has 0 saturated heterocycles. The summed E-state index contributed by atoms with van der Waals surface area (Å²) >= 11 is 0. The molecule has 1 aliphatic heterocycles. The molecule has 1 aliphatic rings. The average Bonchev–Trinajstić information content (AvgIpc) is 2.58. The molecular formula is C12H16N2O3S. The zero-order chi connectivity index (χ0) is 13.2. The summed E-state index contributed by atoms with van der Waals surface area (Å²) < 4.78 is 25.6. The van der Waals surface area contributed by atoms with Crippen LogP contribution in [0.15, 0.2) is 29.4 Å². The van der Waals surface area contributed by atoms with Gasteiger partial charge in [-0.05, 0) is 25.8 Å². The van der Waals surface area contributed by atoms with Crippen LogP contribution < -0.4 is 4.31 Å². The second kappa shape index (κ2) is 4.97. The number of hydrogen-bond acceptors (Lipinski definition) is 4. The SMILES string of the molecule is CCS(=O)(=O)N1CCC/C(=N/O)c2ccccc21. The Balaban J connectivity index is 2.59. The van der Waals surface area contributed by atoms with Crippen LogP contribution in [-0.4, -0.2) is 31.6 Å². The highest BCUT2D eigenvalue weighted by molar-refractivity contribution is 7.92. The number of benzene rings is 1. The van der Waals surface area contributed by atoms with Crippen LogP contribution in [0.25, 0.3) is 0 Å². The molecule has 1 heterocycles. The molecule has 1 aromatic rings. The van der Waals surface area contributed by atoms with Gasteiger partial charge in [0.2, 0.25) is 10.0 Å². The first-order valence-corrected chi connectivity index (χ1v) is 7.52. The largest absolute Gasteiger partial charge is 0.411 e. The van der Waals surface area contributed by atoms with E-state index < -0.39 is 10.0 Å². The summed E-state index contributed by atoms with van der Waals surface area (Å²) in [4.78, 5) is 0. The summed E-state index contributed by atoms with van der Waals surface area (Å²) in [6.07, 6.45) is 1.22. The van der Waals surface area contributed by atoms with Crippen molar-refractivity contribution >= 4 is 21.4 Å². The lowest BCUT2D eigenvalue weighted by atomic mass is 10.1. The standard InChI is InChI=1S/C12H16N2O3S/c1-2-18(16,17)14-9-5-7-11(13-15)10-6-3-4-8-12(10)14/h3-4,6,8,15H,2,5,7,9H2,1H3/b13-11-. The fourth-order valence-corrected chi connectivity index (χ4v) is 3.31. The Kier molecular flexibility index (Phi) is 3.56. The van der Waals surface area contributed by atoms with E-state index in [2.05, 4.69) is 5.16 Å². The first-order chi connectivity index (χ1) is 8.60. The van der Waals surface area contributed by atoms with E-state index in [9.17, 15) is 8.42 Å². The Morgan fingerprint density at radius 2 is 2.11 bits per heavy atom. The number of sulfonamides is 1. The Bertz CT molecular complexity index is 566. The minimum atomic E-state index is -3.29. The molecule has 0 aliphatic carbocycles. The maximum absolute atomic E-state index is 12.1. The molecule has 0 saturated carbocycles. The van der Waals surface area contributed by atoms with Crippen molar-refractivity contribution in [2.45, 2.75) is 19.8 Å².